The number of terminal acetylenes is 5. The highest BCUT2D eigenvalue weighted by atomic mass is 17.1. The van der Waals surface area contributed by atoms with Crippen LogP contribution in [0, 0.1) is 61.7 Å². The van der Waals surface area contributed by atoms with Crippen molar-refractivity contribution in [2.24, 2.45) is 0 Å². The lowest BCUT2D eigenvalue weighted by molar-refractivity contribution is -0.285. The van der Waals surface area contributed by atoms with Gasteiger partial charge in [-0.15, -0.1) is 32.1 Å². The van der Waals surface area contributed by atoms with Gasteiger partial charge in [0.15, 0.2) is 41.4 Å². The molecule has 98 heavy (non-hydrogen) atoms. The molecule has 3 aromatic carbocycles. The molecule has 13 N–H and O–H groups in total. The average molecular weight is 1370 g/mol. The average Bonchev–Trinajstić information content (AvgIpc) is 0.718. The predicted molar refractivity (Wildman–Crippen MR) is 328 cm³/mol. The van der Waals surface area contributed by atoms with Crippen LogP contribution in [0.25, 0.3) is 11.1 Å². The highest BCUT2D eigenvalue weighted by Crippen LogP contribution is 2.45. The van der Waals surface area contributed by atoms with E-state index in [9.17, 15) is 98.7 Å². The Hall–Kier alpha value is -12.2. The van der Waals surface area contributed by atoms with Crippen LogP contribution in [0.1, 0.15) is 127 Å². The molecule has 3 aromatic rings. The van der Waals surface area contributed by atoms with Crippen molar-refractivity contribution >= 4 is 70.9 Å². The Labute approximate surface area is 552 Å². The Morgan fingerprint density at radius 2 is 0.796 bits per heavy atom. The second kappa shape index (κ2) is 40.2. The molecule has 0 aliphatic carbocycles. The quantitative estimate of drug-likeness (QED) is 0.0110. The van der Waals surface area contributed by atoms with Gasteiger partial charge in [0.1, 0.15) is 38.6 Å². The molecule has 514 valence electrons. The number of benzene rings is 3. The Morgan fingerprint density at radius 3 is 1.07 bits per heavy atom. The zero-order chi connectivity index (χ0) is 75.2. The Balaban J connectivity index is 0.000000734. The number of ketones is 4. The first-order valence-corrected chi connectivity index (χ1v) is 26.3. The molecule has 0 amide bonds. The zero-order valence-electron chi connectivity index (χ0n) is 50.5. The first kappa shape index (κ1) is 83.8. The fourth-order valence-corrected chi connectivity index (χ4v) is 9.04. The van der Waals surface area contributed by atoms with Gasteiger partial charge in [-0.2, -0.15) is 0 Å². The maximum Gasteiger partial charge on any atom is 0.349 e. The normalized spacial score (nSPS) is 14.5. The number of aliphatic carboxylic acids is 2. The smallest absolute Gasteiger partial charge is 0.349 e. The number of carbonyl (C=O) groups is 12. The molecule has 0 spiro atoms. The Kier molecular flexibility index (Phi) is 34.4. The summed E-state index contributed by atoms with van der Waals surface area (Å²) in [6.07, 6.45) is 22.7. The van der Waals surface area contributed by atoms with Crippen LogP contribution in [0.5, 0.6) is 0 Å². The largest absolute Gasteiger partial charge is 0.479 e. The first-order chi connectivity index (χ1) is 46.4. The minimum Gasteiger partial charge on any atom is -0.479 e. The summed E-state index contributed by atoms with van der Waals surface area (Å²) in [5.41, 5.74) is -11.5. The van der Waals surface area contributed by atoms with E-state index in [4.69, 9.17) is 67.4 Å². The third kappa shape index (κ3) is 19.5. The van der Waals surface area contributed by atoms with Crippen molar-refractivity contribution in [3.8, 4) is 72.8 Å². The molecule has 1 heterocycles. The summed E-state index contributed by atoms with van der Waals surface area (Å²) in [6, 6.07) is 0. The topological polar surface area (TPSA) is 542 Å². The number of carboxylic acid groups (broad SMARTS) is 6. The van der Waals surface area contributed by atoms with E-state index < -0.39 is 231 Å². The van der Waals surface area contributed by atoms with Crippen LogP contribution in [0.2, 0.25) is 0 Å². The van der Waals surface area contributed by atoms with Gasteiger partial charge in [-0.05, 0) is 24.3 Å². The number of hydrogen-bond donors (Lipinski definition) is 13. The Bertz CT molecular complexity index is 3800. The van der Waals surface area contributed by atoms with Crippen LogP contribution < -0.4 is 0 Å². The molecule has 6 atom stereocenters. The Morgan fingerprint density at radius 1 is 0.439 bits per heavy atom. The van der Waals surface area contributed by atoms with Gasteiger partial charge in [0.2, 0.25) is 6.10 Å². The second-order valence-corrected chi connectivity index (χ2v) is 18.1. The third-order valence-electron chi connectivity index (χ3n) is 12.9. The monoisotopic (exact) mass is 1360 g/mol. The molecule has 1 aliphatic rings. The molecule has 1 aliphatic heterocycles. The van der Waals surface area contributed by atoms with Crippen LogP contribution in [0.4, 0.5) is 0 Å². The molecule has 0 bridgehead atoms. The fourth-order valence-electron chi connectivity index (χ4n) is 9.04. The van der Waals surface area contributed by atoms with E-state index in [1.54, 1.807) is 0 Å². The van der Waals surface area contributed by atoms with Crippen molar-refractivity contribution < 1.29 is 163 Å². The fraction of sp³-hybridized carbons (Fsp3) is 0.200. The lowest BCUT2D eigenvalue weighted by Crippen LogP contribution is -2.52. The van der Waals surface area contributed by atoms with E-state index in [1.807, 2.05) is 5.92 Å². The van der Waals surface area contributed by atoms with Gasteiger partial charge < -0.3 is 64.9 Å². The van der Waals surface area contributed by atoms with Gasteiger partial charge in [-0.1, -0.05) is 69.1 Å². The van der Waals surface area contributed by atoms with Gasteiger partial charge in [0.25, 0.3) is 0 Å². The highest BCUT2D eigenvalue weighted by molar-refractivity contribution is 6.23. The van der Waals surface area contributed by atoms with Crippen molar-refractivity contribution in [1.29, 1.82) is 0 Å². The number of aliphatic hydroxyl groups is 3. The van der Waals surface area contributed by atoms with E-state index in [0.29, 0.717) is 24.3 Å². The van der Waals surface area contributed by atoms with Crippen LogP contribution in [0.3, 0.4) is 0 Å². The lowest BCUT2D eigenvalue weighted by Gasteiger charge is -2.35. The number of aromatic carboxylic acids is 4. The van der Waals surface area contributed by atoms with Gasteiger partial charge in [0.05, 0.1) is 47.6 Å². The summed E-state index contributed by atoms with van der Waals surface area (Å²) >= 11 is 0. The summed E-state index contributed by atoms with van der Waals surface area (Å²) in [7, 11) is 0. The van der Waals surface area contributed by atoms with Gasteiger partial charge in [-0.25, -0.2) is 57.9 Å². The van der Waals surface area contributed by atoms with Crippen molar-refractivity contribution in [3.05, 3.63) is 165 Å². The molecule has 0 aromatic heterocycles. The van der Waals surface area contributed by atoms with Crippen LogP contribution in [-0.2, 0) is 90.7 Å². The SMILES string of the molecule is C#CC1OC(C(=O)O)C(C#C)OC1COO.C#Cc1c(COO)c(C#C)c(C(=O)O)c(C#C)c1C(=O)O.C=CC(=O)OC(CO)C(OC(=O)C=C)C(=O)O.C=CC(=O)c1c(CO)c(C(=O)C=C)c(C(=O)O)c(-c2c(COO)c(C(=O)C=C)c(CO)c(C(=O)C=C)c2C(=O)O)c1COO. The minimum atomic E-state index is -1.96. The third-order valence-corrected chi connectivity index (χ3v) is 12.9. The number of rotatable bonds is 31. The number of hydrogen-bond acceptors (Lipinski definition) is 27. The number of allylic oxidation sites excluding steroid dienone is 4. The highest BCUT2D eigenvalue weighted by Gasteiger charge is 2.43. The molecule has 1 fully saturated rings. The molecule has 0 radical (unpaired) electrons. The molecule has 6 unspecified atom stereocenters. The number of ether oxygens (including phenoxy) is 4. The van der Waals surface area contributed by atoms with Crippen molar-refractivity contribution in [2.75, 3.05) is 13.2 Å². The summed E-state index contributed by atoms with van der Waals surface area (Å²) in [5, 5.41) is 122. The van der Waals surface area contributed by atoms with E-state index >= 15 is 0 Å². The standard InChI is InChI=1S/C30H26O14.C15H8O6.C10H12O7.C10H10O6/c1-5-17(33)21-13(9-31)23(19(35)7-3)27(29(37)38)25(15(21)11-43-41)26-16(12-44-42)22(18(34)6-2)14(10-32)24(20(36)8-4)28(26)30(39)40;1-4-8-11(7-21-20)9(5-2)13(15(18)19)10(6-3)12(8)14(16)17;1-3-7(12)16-6(5-11)9(10(14)15)17-8(13)4-2;1-3-6-8(5-14-13)15-7(4-2)9(16-6)10(11)12/h5-8,31-32,41-42H,1-4,9-12H2,(H,37,38)(H,39,40);1-3,20H,7H2,(H,16,17)(H,18,19);3-4,6,9,11H,1-2,5H2,(H,14,15);1-2,6-9,13H,5H2,(H,11,12). The van der Waals surface area contributed by atoms with Gasteiger partial charge >= 0.3 is 47.8 Å². The molecule has 4 rings (SSSR count). The van der Waals surface area contributed by atoms with Crippen LogP contribution in [0.15, 0.2) is 75.9 Å². The van der Waals surface area contributed by atoms with E-state index in [2.05, 4.69) is 92.2 Å². The van der Waals surface area contributed by atoms with E-state index in [-0.39, 0.29) is 23.3 Å². The molecular weight excluding hydrogens is 1310 g/mol. The number of carboxylic acids is 6. The van der Waals surface area contributed by atoms with Crippen LogP contribution >= 0.6 is 0 Å². The second-order valence-electron chi connectivity index (χ2n) is 18.1. The minimum absolute atomic E-state index is 0.115. The molecule has 33 nitrogen and oxygen atoms in total. The molecule has 33 heteroatoms. The number of carbonyl (C=O) groups excluding carboxylic acids is 6. The predicted octanol–water partition coefficient (Wildman–Crippen LogP) is 2.81. The van der Waals surface area contributed by atoms with Gasteiger partial charge in [0, 0.05) is 84.5 Å². The van der Waals surface area contributed by atoms with E-state index in [0.717, 1.165) is 12.2 Å². The lowest BCUT2D eigenvalue weighted by atomic mass is 9.75. The summed E-state index contributed by atoms with van der Waals surface area (Å²) in [4.78, 5) is 161. The maximum absolute atomic E-state index is 13.2. The summed E-state index contributed by atoms with van der Waals surface area (Å²) in [6.45, 7) is 13.3. The first-order valence-electron chi connectivity index (χ1n) is 26.3. The van der Waals surface area contributed by atoms with Gasteiger partial charge in [-0.3, -0.25) is 40.2 Å². The number of esters is 2. The van der Waals surface area contributed by atoms with Crippen LogP contribution in [-0.4, -0.2) is 188 Å². The zero-order valence-corrected chi connectivity index (χ0v) is 50.5. The number of aliphatic hydroxyl groups excluding tert-OH is 3. The molecule has 1 saturated heterocycles. The molecular formula is C65H56O33. The maximum atomic E-state index is 13.2. The summed E-state index contributed by atoms with van der Waals surface area (Å²) < 4.78 is 19.2. The van der Waals surface area contributed by atoms with Crippen molar-refractivity contribution in [3.63, 3.8) is 0 Å². The van der Waals surface area contributed by atoms with Crippen molar-refractivity contribution in [1.82, 2.24) is 0 Å². The van der Waals surface area contributed by atoms with Crippen molar-refractivity contribution in [2.45, 2.75) is 69.7 Å². The molecule has 0 saturated carbocycles. The summed E-state index contributed by atoms with van der Waals surface area (Å²) in [5.74, 6) is -5.67. The van der Waals surface area contributed by atoms with E-state index in [1.165, 1.54) is 0 Å².